The fraction of sp³-hybridized carbons (Fsp3) is 0.333. The summed E-state index contributed by atoms with van der Waals surface area (Å²) in [6, 6.07) is 9.76. The van der Waals surface area contributed by atoms with E-state index < -0.39 is 11.4 Å². The van der Waals surface area contributed by atoms with Gasteiger partial charge >= 0.3 is 5.63 Å². The fourth-order valence-electron chi connectivity index (χ4n) is 5.05. The minimum Gasteiger partial charge on any atom is -0.422 e. The van der Waals surface area contributed by atoms with Gasteiger partial charge in [0.25, 0.3) is 0 Å². The van der Waals surface area contributed by atoms with Crippen molar-refractivity contribution in [2.24, 2.45) is 0 Å². The Labute approximate surface area is 178 Å². The topological polar surface area (TPSA) is 54.0 Å². The zero-order valence-electron chi connectivity index (χ0n) is 17.3. The second-order valence-corrected chi connectivity index (χ2v) is 8.64. The monoisotopic (exact) mass is 418 g/mol. The molecule has 0 N–H and O–H groups in total. The van der Waals surface area contributed by atoms with Gasteiger partial charge < -0.3 is 13.7 Å². The smallest absolute Gasteiger partial charge is 0.344 e. The molecule has 2 aliphatic heterocycles. The first kappa shape index (κ1) is 18.6. The summed E-state index contributed by atoms with van der Waals surface area (Å²) in [4.78, 5) is 21.9. The number of benzene rings is 1. The molecule has 5 heterocycles. The average Bonchev–Trinajstić information content (AvgIpc) is 3.38. The van der Waals surface area contributed by atoms with Crippen LogP contribution in [0.4, 0.5) is 10.1 Å². The van der Waals surface area contributed by atoms with Crippen LogP contribution in [0.15, 0.2) is 51.9 Å². The van der Waals surface area contributed by atoms with E-state index >= 15 is 0 Å². The Morgan fingerprint density at radius 3 is 2.94 bits per heavy atom. The van der Waals surface area contributed by atoms with Crippen molar-refractivity contribution in [2.75, 3.05) is 31.1 Å². The van der Waals surface area contributed by atoms with Gasteiger partial charge in [-0.1, -0.05) is 0 Å². The van der Waals surface area contributed by atoms with Gasteiger partial charge in [0.1, 0.15) is 5.58 Å². The molecule has 0 spiro atoms. The summed E-state index contributed by atoms with van der Waals surface area (Å²) in [7, 11) is 0. The highest BCUT2D eigenvalue weighted by molar-refractivity contribution is 5.84. The van der Waals surface area contributed by atoms with Crippen LogP contribution in [-0.4, -0.2) is 46.5 Å². The Balaban J connectivity index is 1.38. The number of rotatable bonds is 2. The van der Waals surface area contributed by atoms with E-state index in [-0.39, 0.29) is 5.65 Å². The first-order valence-corrected chi connectivity index (χ1v) is 10.8. The third-order valence-corrected chi connectivity index (χ3v) is 6.61. The van der Waals surface area contributed by atoms with Crippen LogP contribution in [0.2, 0.25) is 0 Å². The first-order chi connectivity index (χ1) is 15.0. The summed E-state index contributed by atoms with van der Waals surface area (Å²) in [5.41, 5.74) is 2.94. The van der Waals surface area contributed by atoms with Crippen LogP contribution in [-0.2, 0) is 0 Å². The van der Waals surface area contributed by atoms with E-state index in [0.717, 1.165) is 30.7 Å². The van der Waals surface area contributed by atoms with E-state index in [1.807, 2.05) is 12.1 Å². The molecular weight excluding hydrogens is 395 g/mol. The lowest BCUT2D eigenvalue weighted by Gasteiger charge is -2.38. The van der Waals surface area contributed by atoms with Gasteiger partial charge in [-0.15, -0.1) is 0 Å². The summed E-state index contributed by atoms with van der Waals surface area (Å²) >= 11 is 0. The number of fused-ring (bicyclic) bond motifs is 3. The van der Waals surface area contributed by atoms with E-state index in [0.29, 0.717) is 28.4 Å². The fourth-order valence-corrected chi connectivity index (χ4v) is 5.05. The number of aryl methyl sites for hydroxylation is 1. The standard InChI is InChI=1S/C24H23FN4O2/c1-15-12-29-13-17(10-21(25)23(29)26-15)20-9-16-4-5-18(11-22(16)31-24(20)30)28-8-7-27-6-2-3-19(27)14-28/h4-5,9-13,19H,2-3,6-8,14H2,1H3/t19-/m0/s1. The zero-order chi connectivity index (χ0) is 21.1. The van der Waals surface area contributed by atoms with Crippen molar-refractivity contribution in [1.82, 2.24) is 14.3 Å². The summed E-state index contributed by atoms with van der Waals surface area (Å²) in [5, 5.41) is 0.820. The lowest BCUT2D eigenvalue weighted by molar-refractivity contribution is 0.231. The van der Waals surface area contributed by atoms with Crippen LogP contribution >= 0.6 is 0 Å². The van der Waals surface area contributed by atoms with Crippen LogP contribution < -0.4 is 10.5 Å². The van der Waals surface area contributed by atoms with Crippen LogP contribution in [0, 0.1) is 12.7 Å². The predicted octanol–water partition coefficient (Wildman–Crippen LogP) is 3.84. The normalized spacial score (nSPS) is 19.4. The number of hydrogen-bond donors (Lipinski definition) is 0. The van der Waals surface area contributed by atoms with Crippen molar-refractivity contribution in [3.8, 4) is 11.1 Å². The van der Waals surface area contributed by atoms with Gasteiger partial charge in [0.15, 0.2) is 11.5 Å². The van der Waals surface area contributed by atoms with Gasteiger partial charge in [0.2, 0.25) is 0 Å². The maximum Gasteiger partial charge on any atom is 0.344 e. The molecule has 0 amide bonds. The molecule has 6 rings (SSSR count). The molecule has 31 heavy (non-hydrogen) atoms. The lowest BCUT2D eigenvalue weighted by atomic mass is 10.1. The molecule has 158 valence electrons. The van der Waals surface area contributed by atoms with Crippen molar-refractivity contribution < 1.29 is 8.81 Å². The molecule has 2 saturated heterocycles. The molecule has 0 aliphatic carbocycles. The minimum atomic E-state index is -0.471. The van der Waals surface area contributed by atoms with Gasteiger partial charge in [-0.25, -0.2) is 14.2 Å². The number of pyridine rings is 1. The van der Waals surface area contributed by atoms with Crippen LogP contribution in [0.1, 0.15) is 18.5 Å². The molecule has 1 atom stereocenters. The zero-order valence-corrected chi connectivity index (χ0v) is 17.3. The van der Waals surface area contributed by atoms with Crippen molar-refractivity contribution in [2.45, 2.75) is 25.8 Å². The third-order valence-electron chi connectivity index (χ3n) is 6.61. The van der Waals surface area contributed by atoms with Gasteiger partial charge in [-0.3, -0.25) is 4.90 Å². The molecule has 0 bridgehead atoms. The lowest BCUT2D eigenvalue weighted by Crippen LogP contribution is -2.50. The molecule has 6 nitrogen and oxygen atoms in total. The van der Waals surface area contributed by atoms with Crippen molar-refractivity contribution in [3.05, 3.63) is 64.7 Å². The molecule has 0 radical (unpaired) electrons. The van der Waals surface area contributed by atoms with E-state index in [1.54, 1.807) is 29.8 Å². The van der Waals surface area contributed by atoms with Crippen molar-refractivity contribution >= 4 is 22.3 Å². The molecular formula is C24H23FN4O2. The Morgan fingerprint density at radius 1 is 1.13 bits per heavy atom. The molecule has 4 aromatic rings. The summed E-state index contributed by atoms with van der Waals surface area (Å²) in [6.07, 6.45) is 5.98. The molecule has 1 aromatic carbocycles. The molecule has 3 aromatic heterocycles. The number of imidazole rings is 1. The van der Waals surface area contributed by atoms with Crippen LogP contribution in [0.25, 0.3) is 27.7 Å². The van der Waals surface area contributed by atoms with Crippen LogP contribution in [0.5, 0.6) is 0 Å². The van der Waals surface area contributed by atoms with Crippen molar-refractivity contribution in [3.63, 3.8) is 0 Å². The summed E-state index contributed by atoms with van der Waals surface area (Å²) in [5.74, 6) is -0.466. The third kappa shape index (κ3) is 3.11. The highest BCUT2D eigenvalue weighted by atomic mass is 19.1. The van der Waals surface area contributed by atoms with E-state index in [9.17, 15) is 9.18 Å². The van der Waals surface area contributed by atoms with Crippen molar-refractivity contribution in [1.29, 1.82) is 0 Å². The number of nitrogens with zero attached hydrogens (tertiary/aromatic N) is 4. The van der Waals surface area contributed by atoms with Gasteiger partial charge in [-0.2, -0.15) is 0 Å². The number of piperazine rings is 1. The average molecular weight is 418 g/mol. The number of aromatic nitrogens is 2. The highest BCUT2D eigenvalue weighted by Crippen LogP contribution is 2.29. The minimum absolute atomic E-state index is 0.249. The maximum atomic E-state index is 14.5. The number of hydrogen-bond acceptors (Lipinski definition) is 5. The van der Waals surface area contributed by atoms with E-state index in [4.69, 9.17) is 4.42 Å². The largest absolute Gasteiger partial charge is 0.422 e. The van der Waals surface area contributed by atoms with E-state index in [2.05, 4.69) is 20.9 Å². The quantitative estimate of drug-likeness (QED) is 0.463. The molecule has 0 saturated carbocycles. The van der Waals surface area contributed by atoms with Gasteiger partial charge in [-0.05, 0) is 50.6 Å². The highest BCUT2D eigenvalue weighted by Gasteiger charge is 2.30. The second kappa shape index (κ2) is 6.92. The van der Waals surface area contributed by atoms with Gasteiger partial charge in [0.05, 0.1) is 11.3 Å². The molecule has 2 aliphatic rings. The second-order valence-electron chi connectivity index (χ2n) is 8.64. The van der Waals surface area contributed by atoms with Gasteiger partial charge in [0, 0.05) is 60.8 Å². The number of anilines is 1. The maximum absolute atomic E-state index is 14.5. The molecule has 7 heteroatoms. The Morgan fingerprint density at radius 2 is 2.03 bits per heavy atom. The summed E-state index contributed by atoms with van der Waals surface area (Å²) in [6.45, 7) is 6.08. The SMILES string of the molecule is Cc1cn2cc(-c3cc4ccc(N5CCN6CCC[C@H]6C5)cc4oc3=O)cc(F)c2n1. The molecule has 2 fully saturated rings. The summed E-state index contributed by atoms with van der Waals surface area (Å²) < 4.78 is 21.8. The number of halogens is 1. The molecule has 0 unspecified atom stereocenters. The Bertz CT molecular complexity index is 1380. The first-order valence-electron chi connectivity index (χ1n) is 10.8. The van der Waals surface area contributed by atoms with E-state index in [1.165, 1.54) is 25.5 Å². The van der Waals surface area contributed by atoms with Crippen LogP contribution in [0.3, 0.4) is 0 Å². The Kier molecular flexibility index (Phi) is 4.14. The Hall–Kier alpha value is -3.19. The predicted molar refractivity (Wildman–Crippen MR) is 118 cm³/mol.